The maximum absolute atomic E-state index is 13.1. The molecular weight excluding hydrogens is 383 g/mol. The number of halogens is 3. The number of aliphatic hydroxyl groups excluding tert-OH is 1. The first-order valence-electron chi connectivity index (χ1n) is 9.46. The number of hydrogen-bond acceptors (Lipinski definition) is 6. The fourth-order valence-corrected chi connectivity index (χ4v) is 3.50. The molecule has 0 unspecified atom stereocenters. The van der Waals surface area contributed by atoms with Crippen LogP contribution in [0.3, 0.4) is 0 Å². The normalized spacial score (nSPS) is 17.4. The Hall–Kier alpha value is -2.81. The first kappa shape index (κ1) is 19.5. The SMILES string of the molecule is CN1C=Cc2nc(N3CCC(O)CC3)nc(Nc3cccc(C(F)(F)F)c3)c2C1. The molecule has 9 heteroatoms. The number of aromatic nitrogens is 2. The summed E-state index contributed by atoms with van der Waals surface area (Å²) < 4.78 is 39.2. The van der Waals surface area contributed by atoms with Crippen molar-refractivity contribution in [3.63, 3.8) is 0 Å². The Labute approximate surface area is 166 Å². The van der Waals surface area contributed by atoms with Crippen LogP contribution in [0.1, 0.15) is 29.7 Å². The molecule has 0 amide bonds. The molecule has 0 radical (unpaired) electrons. The van der Waals surface area contributed by atoms with Crippen LogP contribution in [0.4, 0.5) is 30.6 Å². The average molecular weight is 405 g/mol. The number of alkyl halides is 3. The highest BCUT2D eigenvalue weighted by molar-refractivity contribution is 5.68. The van der Waals surface area contributed by atoms with Crippen molar-refractivity contribution in [2.24, 2.45) is 0 Å². The number of aliphatic hydroxyl groups is 1. The van der Waals surface area contributed by atoms with Crippen molar-refractivity contribution >= 4 is 23.5 Å². The van der Waals surface area contributed by atoms with Crippen LogP contribution in [0.2, 0.25) is 0 Å². The van der Waals surface area contributed by atoms with Gasteiger partial charge in [0.2, 0.25) is 5.95 Å². The third kappa shape index (κ3) is 4.29. The zero-order valence-electron chi connectivity index (χ0n) is 15.9. The maximum atomic E-state index is 13.1. The van der Waals surface area contributed by atoms with Crippen LogP contribution in [0.5, 0.6) is 0 Å². The van der Waals surface area contributed by atoms with Crippen molar-refractivity contribution < 1.29 is 18.3 Å². The molecular formula is C20H22F3N5O. The van der Waals surface area contributed by atoms with Crippen LogP contribution in [-0.4, -0.2) is 46.2 Å². The Bertz CT molecular complexity index is 923. The second-order valence-electron chi connectivity index (χ2n) is 7.39. The van der Waals surface area contributed by atoms with E-state index in [1.54, 1.807) is 6.07 Å². The molecule has 3 heterocycles. The van der Waals surface area contributed by atoms with Gasteiger partial charge >= 0.3 is 6.18 Å². The highest BCUT2D eigenvalue weighted by Gasteiger charge is 2.30. The van der Waals surface area contributed by atoms with Gasteiger partial charge in [-0.25, -0.2) is 4.98 Å². The summed E-state index contributed by atoms with van der Waals surface area (Å²) in [4.78, 5) is 13.2. The van der Waals surface area contributed by atoms with Gasteiger partial charge in [-0.15, -0.1) is 0 Å². The monoisotopic (exact) mass is 405 g/mol. The second-order valence-corrected chi connectivity index (χ2v) is 7.39. The van der Waals surface area contributed by atoms with Gasteiger partial charge < -0.3 is 20.2 Å². The largest absolute Gasteiger partial charge is 0.416 e. The van der Waals surface area contributed by atoms with Crippen molar-refractivity contribution in [1.82, 2.24) is 14.9 Å². The summed E-state index contributed by atoms with van der Waals surface area (Å²) >= 11 is 0. The quantitative estimate of drug-likeness (QED) is 0.813. The molecule has 1 saturated heterocycles. The third-order valence-corrected chi connectivity index (χ3v) is 5.12. The number of rotatable bonds is 3. The number of hydrogen-bond donors (Lipinski definition) is 2. The van der Waals surface area contributed by atoms with E-state index in [0.717, 1.165) is 23.4 Å². The van der Waals surface area contributed by atoms with Crippen LogP contribution in [-0.2, 0) is 12.7 Å². The third-order valence-electron chi connectivity index (χ3n) is 5.12. The zero-order valence-corrected chi connectivity index (χ0v) is 15.9. The van der Waals surface area contributed by atoms with E-state index in [1.165, 1.54) is 6.07 Å². The topological polar surface area (TPSA) is 64.5 Å². The highest BCUT2D eigenvalue weighted by Crippen LogP contribution is 2.33. The van der Waals surface area contributed by atoms with E-state index in [4.69, 9.17) is 0 Å². The minimum atomic E-state index is -4.41. The second kappa shape index (κ2) is 7.55. The molecule has 2 aliphatic heterocycles. The molecule has 0 aliphatic carbocycles. The van der Waals surface area contributed by atoms with E-state index in [2.05, 4.69) is 15.3 Å². The Balaban J connectivity index is 1.70. The minimum Gasteiger partial charge on any atom is -0.393 e. The summed E-state index contributed by atoms with van der Waals surface area (Å²) in [6.07, 6.45) is 0.323. The average Bonchev–Trinajstić information content (AvgIpc) is 2.68. The lowest BCUT2D eigenvalue weighted by atomic mass is 10.1. The van der Waals surface area contributed by atoms with Crippen LogP contribution >= 0.6 is 0 Å². The Morgan fingerprint density at radius 1 is 1.17 bits per heavy atom. The van der Waals surface area contributed by atoms with Gasteiger partial charge in [-0.3, -0.25) is 0 Å². The molecule has 0 spiro atoms. The van der Waals surface area contributed by atoms with Crippen molar-refractivity contribution in [2.45, 2.75) is 31.7 Å². The van der Waals surface area contributed by atoms with E-state index >= 15 is 0 Å². The number of fused-ring (bicyclic) bond motifs is 1. The lowest BCUT2D eigenvalue weighted by molar-refractivity contribution is -0.137. The van der Waals surface area contributed by atoms with Gasteiger partial charge in [-0.2, -0.15) is 18.2 Å². The van der Waals surface area contributed by atoms with Gasteiger partial charge in [0.25, 0.3) is 0 Å². The Morgan fingerprint density at radius 3 is 2.66 bits per heavy atom. The summed E-state index contributed by atoms with van der Waals surface area (Å²) in [5.41, 5.74) is 1.17. The molecule has 154 valence electrons. The summed E-state index contributed by atoms with van der Waals surface area (Å²) in [6.45, 7) is 1.81. The van der Waals surface area contributed by atoms with Gasteiger partial charge in [0.15, 0.2) is 0 Å². The fourth-order valence-electron chi connectivity index (χ4n) is 3.50. The molecule has 2 N–H and O–H groups in total. The van der Waals surface area contributed by atoms with Crippen molar-refractivity contribution in [3.05, 3.63) is 47.3 Å². The van der Waals surface area contributed by atoms with E-state index in [9.17, 15) is 18.3 Å². The summed E-state index contributed by atoms with van der Waals surface area (Å²) in [5, 5.41) is 12.8. The standard InChI is InChI=1S/C20H22F3N5O/c1-27-8-7-17-16(12-27)18(24-14-4-2-3-13(11-14)20(21,22)23)26-19(25-17)28-9-5-15(29)6-10-28/h2-4,7-8,11,15,29H,5-6,9-10,12H2,1H3,(H,24,25,26). The van der Waals surface area contributed by atoms with Gasteiger partial charge in [0.1, 0.15) is 5.82 Å². The van der Waals surface area contributed by atoms with E-state index in [1.807, 2.05) is 29.1 Å². The fraction of sp³-hybridized carbons (Fsp3) is 0.400. The van der Waals surface area contributed by atoms with E-state index in [0.29, 0.717) is 49.9 Å². The number of benzene rings is 1. The maximum Gasteiger partial charge on any atom is 0.416 e. The van der Waals surface area contributed by atoms with Crippen LogP contribution in [0.15, 0.2) is 30.5 Å². The van der Waals surface area contributed by atoms with Crippen LogP contribution in [0.25, 0.3) is 6.08 Å². The Kier molecular flexibility index (Phi) is 5.08. The number of nitrogens with zero attached hydrogens (tertiary/aromatic N) is 4. The lowest BCUT2D eigenvalue weighted by Crippen LogP contribution is -2.37. The molecule has 2 aliphatic rings. The number of piperidine rings is 1. The van der Waals surface area contributed by atoms with Gasteiger partial charge in [-0.1, -0.05) is 6.07 Å². The lowest BCUT2D eigenvalue weighted by Gasteiger charge is -2.31. The van der Waals surface area contributed by atoms with Crippen molar-refractivity contribution in [3.8, 4) is 0 Å². The van der Waals surface area contributed by atoms with E-state index < -0.39 is 11.7 Å². The first-order chi connectivity index (χ1) is 13.8. The van der Waals surface area contributed by atoms with E-state index in [-0.39, 0.29) is 6.10 Å². The highest BCUT2D eigenvalue weighted by atomic mass is 19.4. The molecule has 4 rings (SSSR count). The molecule has 0 bridgehead atoms. The first-order valence-corrected chi connectivity index (χ1v) is 9.46. The molecule has 2 aromatic rings. The van der Waals surface area contributed by atoms with Crippen LogP contribution in [0, 0.1) is 0 Å². The zero-order chi connectivity index (χ0) is 20.6. The summed E-state index contributed by atoms with van der Waals surface area (Å²) in [7, 11) is 1.91. The molecule has 6 nitrogen and oxygen atoms in total. The smallest absolute Gasteiger partial charge is 0.393 e. The van der Waals surface area contributed by atoms with Crippen LogP contribution < -0.4 is 10.2 Å². The summed E-state index contributed by atoms with van der Waals surface area (Å²) in [5.74, 6) is 1.01. The predicted octanol–water partition coefficient (Wildman–Crippen LogP) is 3.62. The number of nitrogens with one attached hydrogen (secondary N) is 1. The molecule has 0 atom stereocenters. The molecule has 1 aromatic heterocycles. The van der Waals surface area contributed by atoms with Crippen molar-refractivity contribution in [1.29, 1.82) is 0 Å². The minimum absolute atomic E-state index is 0.318. The Morgan fingerprint density at radius 2 is 1.93 bits per heavy atom. The van der Waals surface area contributed by atoms with Gasteiger partial charge in [0.05, 0.1) is 17.4 Å². The van der Waals surface area contributed by atoms with Gasteiger partial charge in [-0.05, 0) is 37.1 Å². The molecule has 0 saturated carbocycles. The predicted molar refractivity (Wildman–Crippen MR) is 105 cm³/mol. The number of anilines is 3. The molecule has 1 fully saturated rings. The van der Waals surface area contributed by atoms with Crippen molar-refractivity contribution in [2.75, 3.05) is 30.4 Å². The van der Waals surface area contributed by atoms with Gasteiger partial charge in [0, 0.05) is 44.1 Å². The summed E-state index contributed by atoms with van der Waals surface area (Å²) in [6, 6.07) is 5.08. The molecule has 29 heavy (non-hydrogen) atoms. The molecule has 1 aromatic carbocycles.